The van der Waals surface area contributed by atoms with Crippen LogP contribution in [0.4, 0.5) is 5.69 Å². The second-order valence-corrected chi connectivity index (χ2v) is 6.02. The lowest BCUT2D eigenvalue weighted by Crippen LogP contribution is -2.32. The average molecular weight is 382 g/mol. The van der Waals surface area contributed by atoms with E-state index in [0.717, 1.165) is 0 Å². The van der Waals surface area contributed by atoms with Gasteiger partial charge in [0.1, 0.15) is 22.9 Å². The van der Waals surface area contributed by atoms with Gasteiger partial charge in [-0.1, -0.05) is 12.1 Å². The molecule has 146 valence electrons. The number of imide groups is 1. The van der Waals surface area contributed by atoms with Crippen LogP contribution in [0.15, 0.2) is 48.2 Å². The Balaban J connectivity index is 2.08. The quantitative estimate of drug-likeness (QED) is 0.742. The van der Waals surface area contributed by atoms with Crippen molar-refractivity contribution in [3.8, 4) is 17.2 Å². The van der Waals surface area contributed by atoms with Crippen LogP contribution in [0.5, 0.6) is 17.2 Å². The fourth-order valence-corrected chi connectivity index (χ4v) is 3.04. The maximum Gasteiger partial charge on any atom is 0.278 e. The monoisotopic (exact) mass is 382 g/mol. The molecule has 7 heteroatoms. The SMILES string of the molecule is CCN1C(=O)C(Nc2ccc(OC)cc2OC)=C(c2ccc(OC)cc2)C1=O. The van der Waals surface area contributed by atoms with Crippen molar-refractivity contribution < 1.29 is 23.8 Å². The molecule has 0 bridgehead atoms. The highest BCUT2D eigenvalue weighted by atomic mass is 16.5. The Hall–Kier alpha value is -3.48. The van der Waals surface area contributed by atoms with Gasteiger partial charge in [-0.3, -0.25) is 14.5 Å². The summed E-state index contributed by atoms with van der Waals surface area (Å²) in [4.78, 5) is 27.0. The Kier molecular flexibility index (Phi) is 5.54. The molecule has 2 amide bonds. The standard InChI is InChI=1S/C21H22N2O5/c1-5-23-20(24)18(13-6-8-14(26-2)9-7-13)19(21(23)25)22-16-11-10-15(27-3)12-17(16)28-4/h6-12,22H,5H2,1-4H3. The van der Waals surface area contributed by atoms with Gasteiger partial charge in [0.25, 0.3) is 11.8 Å². The van der Waals surface area contributed by atoms with Gasteiger partial charge < -0.3 is 19.5 Å². The first-order valence-electron chi connectivity index (χ1n) is 8.78. The normalized spacial score (nSPS) is 13.8. The van der Waals surface area contributed by atoms with E-state index in [-0.39, 0.29) is 24.1 Å². The van der Waals surface area contributed by atoms with Crippen molar-refractivity contribution in [3.63, 3.8) is 0 Å². The van der Waals surface area contributed by atoms with E-state index in [2.05, 4.69) is 5.32 Å². The summed E-state index contributed by atoms with van der Waals surface area (Å²) in [7, 11) is 4.66. The average Bonchev–Trinajstić information content (AvgIpc) is 2.97. The Morgan fingerprint density at radius 3 is 2.07 bits per heavy atom. The largest absolute Gasteiger partial charge is 0.497 e. The summed E-state index contributed by atoms with van der Waals surface area (Å²) in [6.07, 6.45) is 0. The highest BCUT2D eigenvalue weighted by molar-refractivity contribution is 6.36. The molecule has 2 aromatic rings. The molecule has 0 fully saturated rings. The first-order chi connectivity index (χ1) is 13.5. The van der Waals surface area contributed by atoms with Gasteiger partial charge in [0, 0.05) is 12.6 Å². The van der Waals surface area contributed by atoms with Gasteiger partial charge in [-0.2, -0.15) is 0 Å². The van der Waals surface area contributed by atoms with Gasteiger partial charge in [-0.05, 0) is 36.8 Å². The number of nitrogens with one attached hydrogen (secondary N) is 1. The third kappa shape index (κ3) is 3.38. The summed E-state index contributed by atoms with van der Waals surface area (Å²) in [6.45, 7) is 2.04. The topological polar surface area (TPSA) is 77.1 Å². The van der Waals surface area contributed by atoms with E-state index in [1.807, 2.05) is 0 Å². The molecule has 0 unspecified atom stereocenters. The third-order valence-corrected chi connectivity index (χ3v) is 4.53. The number of carbonyl (C=O) groups is 2. The summed E-state index contributed by atoms with van der Waals surface area (Å²) in [5.74, 6) is 1.07. The van der Waals surface area contributed by atoms with Crippen molar-refractivity contribution in [2.24, 2.45) is 0 Å². The molecule has 0 spiro atoms. The molecule has 0 aliphatic carbocycles. The smallest absolute Gasteiger partial charge is 0.278 e. The minimum Gasteiger partial charge on any atom is -0.497 e. The molecule has 3 rings (SSSR count). The number of hydrogen-bond donors (Lipinski definition) is 1. The number of rotatable bonds is 7. The number of amides is 2. The van der Waals surface area contributed by atoms with Gasteiger partial charge in [0.15, 0.2) is 0 Å². The maximum absolute atomic E-state index is 12.9. The molecule has 0 saturated heterocycles. The molecule has 2 aromatic carbocycles. The predicted octanol–water partition coefficient (Wildman–Crippen LogP) is 2.92. The Morgan fingerprint density at radius 2 is 1.50 bits per heavy atom. The maximum atomic E-state index is 12.9. The van der Waals surface area contributed by atoms with E-state index in [1.165, 1.54) is 12.0 Å². The summed E-state index contributed by atoms with van der Waals surface area (Å²) >= 11 is 0. The number of anilines is 1. The summed E-state index contributed by atoms with van der Waals surface area (Å²) in [5, 5.41) is 3.09. The molecular formula is C21H22N2O5. The summed E-state index contributed by atoms with van der Waals surface area (Å²) in [5.41, 5.74) is 1.71. The Bertz CT molecular complexity index is 934. The number of likely N-dealkylation sites (N-methyl/N-ethyl adjacent to an activating group) is 1. The molecular weight excluding hydrogens is 360 g/mol. The van der Waals surface area contributed by atoms with Crippen LogP contribution < -0.4 is 19.5 Å². The van der Waals surface area contributed by atoms with E-state index >= 15 is 0 Å². The van der Waals surface area contributed by atoms with E-state index in [9.17, 15) is 9.59 Å². The third-order valence-electron chi connectivity index (χ3n) is 4.53. The molecule has 7 nitrogen and oxygen atoms in total. The Labute approximate surface area is 163 Å². The second-order valence-electron chi connectivity index (χ2n) is 6.02. The van der Waals surface area contributed by atoms with E-state index in [0.29, 0.717) is 34.1 Å². The molecule has 0 radical (unpaired) electrons. The zero-order valence-electron chi connectivity index (χ0n) is 16.2. The second kappa shape index (κ2) is 8.04. The predicted molar refractivity (Wildman–Crippen MR) is 105 cm³/mol. The lowest BCUT2D eigenvalue weighted by atomic mass is 10.0. The highest BCUT2D eigenvalue weighted by Gasteiger charge is 2.38. The number of hydrogen-bond acceptors (Lipinski definition) is 6. The van der Waals surface area contributed by atoms with Crippen LogP contribution in [0.25, 0.3) is 5.57 Å². The van der Waals surface area contributed by atoms with Crippen LogP contribution in [0, 0.1) is 0 Å². The Morgan fingerprint density at radius 1 is 0.857 bits per heavy atom. The van der Waals surface area contributed by atoms with Crippen molar-refractivity contribution in [3.05, 3.63) is 53.7 Å². The zero-order valence-corrected chi connectivity index (χ0v) is 16.2. The van der Waals surface area contributed by atoms with Gasteiger partial charge in [-0.15, -0.1) is 0 Å². The number of carbonyl (C=O) groups excluding carboxylic acids is 2. The first-order valence-corrected chi connectivity index (χ1v) is 8.78. The number of ether oxygens (including phenoxy) is 3. The number of benzene rings is 2. The van der Waals surface area contributed by atoms with Gasteiger partial charge >= 0.3 is 0 Å². The van der Waals surface area contributed by atoms with Crippen LogP contribution in [0.2, 0.25) is 0 Å². The van der Waals surface area contributed by atoms with Crippen molar-refractivity contribution >= 4 is 23.1 Å². The van der Waals surface area contributed by atoms with Crippen LogP contribution in [-0.4, -0.2) is 44.6 Å². The molecule has 1 N–H and O–H groups in total. The summed E-state index contributed by atoms with van der Waals surface area (Å²) in [6, 6.07) is 12.2. The molecule has 1 aliphatic heterocycles. The van der Waals surface area contributed by atoms with Crippen molar-refractivity contribution in [2.75, 3.05) is 33.2 Å². The fraction of sp³-hybridized carbons (Fsp3) is 0.238. The molecule has 1 aliphatic rings. The molecule has 28 heavy (non-hydrogen) atoms. The number of nitrogens with zero attached hydrogens (tertiary/aromatic N) is 1. The van der Waals surface area contributed by atoms with Gasteiger partial charge in [0.05, 0.1) is 32.6 Å². The molecule has 0 atom stereocenters. The molecule has 1 heterocycles. The van der Waals surface area contributed by atoms with Crippen LogP contribution in [-0.2, 0) is 9.59 Å². The minimum absolute atomic E-state index is 0.209. The van der Waals surface area contributed by atoms with E-state index in [4.69, 9.17) is 14.2 Å². The van der Waals surface area contributed by atoms with E-state index < -0.39 is 0 Å². The van der Waals surface area contributed by atoms with Crippen molar-refractivity contribution in [2.45, 2.75) is 6.92 Å². The van der Waals surface area contributed by atoms with Crippen LogP contribution >= 0.6 is 0 Å². The summed E-state index contributed by atoms with van der Waals surface area (Å²) < 4.78 is 15.8. The van der Waals surface area contributed by atoms with Crippen LogP contribution in [0.1, 0.15) is 12.5 Å². The highest BCUT2D eigenvalue weighted by Crippen LogP contribution is 2.35. The van der Waals surface area contributed by atoms with Gasteiger partial charge in [0.2, 0.25) is 0 Å². The first kappa shape index (κ1) is 19.3. The van der Waals surface area contributed by atoms with Gasteiger partial charge in [-0.25, -0.2) is 0 Å². The lowest BCUT2D eigenvalue weighted by molar-refractivity contribution is -0.136. The molecule has 0 aromatic heterocycles. The van der Waals surface area contributed by atoms with Crippen molar-refractivity contribution in [1.82, 2.24) is 4.90 Å². The fourth-order valence-electron chi connectivity index (χ4n) is 3.04. The lowest BCUT2D eigenvalue weighted by Gasteiger charge is -2.14. The van der Waals surface area contributed by atoms with Crippen molar-refractivity contribution in [1.29, 1.82) is 0 Å². The van der Waals surface area contributed by atoms with Crippen LogP contribution in [0.3, 0.4) is 0 Å². The minimum atomic E-state index is -0.379. The zero-order chi connectivity index (χ0) is 20.3. The molecule has 0 saturated carbocycles. The number of methoxy groups -OCH3 is 3. The van der Waals surface area contributed by atoms with E-state index in [1.54, 1.807) is 63.6 Å².